The molecule has 0 heterocycles. The van der Waals surface area contributed by atoms with Gasteiger partial charge in [-0.25, -0.2) is 9.18 Å². The molecule has 6 heteroatoms. The van der Waals surface area contributed by atoms with Gasteiger partial charge in [-0.05, 0) is 36.1 Å². The van der Waals surface area contributed by atoms with Crippen LogP contribution in [0.4, 0.5) is 14.9 Å². The SMILES string of the molecule is Cc1ccc(NC(=O)[C@@H](NC(=O)OCc2ccccc2)C(C)C)cc1F. The van der Waals surface area contributed by atoms with Crippen molar-refractivity contribution in [1.29, 1.82) is 0 Å². The van der Waals surface area contributed by atoms with Crippen molar-refractivity contribution in [3.63, 3.8) is 0 Å². The Hall–Kier alpha value is -2.89. The predicted molar refractivity (Wildman–Crippen MR) is 98.2 cm³/mol. The number of alkyl carbamates (subject to hydrolysis) is 1. The molecule has 2 aromatic rings. The number of anilines is 1. The number of benzene rings is 2. The number of carbonyl (C=O) groups excluding carboxylic acids is 2. The fourth-order valence-corrected chi connectivity index (χ4v) is 2.32. The first-order valence-electron chi connectivity index (χ1n) is 8.41. The number of ether oxygens (including phenoxy) is 1. The lowest BCUT2D eigenvalue weighted by Gasteiger charge is -2.21. The van der Waals surface area contributed by atoms with E-state index in [1.807, 2.05) is 30.3 Å². The normalized spacial score (nSPS) is 11.7. The molecule has 0 aliphatic carbocycles. The summed E-state index contributed by atoms with van der Waals surface area (Å²) in [5.41, 5.74) is 1.68. The summed E-state index contributed by atoms with van der Waals surface area (Å²) in [6.07, 6.45) is -0.683. The highest BCUT2D eigenvalue weighted by Crippen LogP contribution is 2.15. The molecule has 2 aromatic carbocycles. The molecule has 138 valence electrons. The summed E-state index contributed by atoms with van der Waals surface area (Å²) in [6, 6.07) is 12.9. The van der Waals surface area contributed by atoms with Gasteiger partial charge in [0.1, 0.15) is 18.5 Å². The number of hydrogen-bond acceptors (Lipinski definition) is 3. The number of carbonyl (C=O) groups is 2. The summed E-state index contributed by atoms with van der Waals surface area (Å²) in [7, 11) is 0. The van der Waals surface area contributed by atoms with Gasteiger partial charge in [-0.1, -0.05) is 50.2 Å². The second kappa shape index (κ2) is 8.99. The van der Waals surface area contributed by atoms with Crippen LogP contribution in [-0.4, -0.2) is 18.0 Å². The number of rotatable bonds is 6. The molecule has 0 spiro atoms. The van der Waals surface area contributed by atoms with Crippen LogP contribution in [0.1, 0.15) is 25.0 Å². The minimum Gasteiger partial charge on any atom is -0.445 e. The zero-order valence-corrected chi connectivity index (χ0v) is 15.1. The molecule has 1 atom stereocenters. The van der Waals surface area contributed by atoms with Gasteiger partial charge in [0.25, 0.3) is 0 Å². The van der Waals surface area contributed by atoms with E-state index in [1.54, 1.807) is 32.9 Å². The lowest BCUT2D eigenvalue weighted by molar-refractivity contribution is -0.119. The molecule has 2 N–H and O–H groups in total. The molecule has 2 rings (SSSR count). The van der Waals surface area contributed by atoms with Crippen molar-refractivity contribution in [2.45, 2.75) is 33.4 Å². The summed E-state index contributed by atoms with van der Waals surface area (Å²) in [4.78, 5) is 24.5. The van der Waals surface area contributed by atoms with Crippen molar-refractivity contribution in [1.82, 2.24) is 5.32 Å². The molecule has 5 nitrogen and oxygen atoms in total. The molecule has 26 heavy (non-hydrogen) atoms. The van der Waals surface area contributed by atoms with E-state index in [2.05, 4.69) is 10.6 Å². The number of halogens is 1. The first-order valence-corrected chi connectivity index (χ1v) is 8.41. The van der Waals surface area contributed by atoms with E-state index >= 15 is 0 Å². The Kier molecular flexibility index (Phi) is 6.72. The second-order valence-corrected chi connectivity index (χ2v) is 6.38. The highest BCUT2D eigenvalue weighted by atomic mass is 19.1. The van der Waals surface area contributed by atoms with Gasteiger partial charge in [-0.2, -0.15) is 0 Å². The first kappa shape index (κ1) is 19.4. The first-order chi connectivity index (χ1) is 12.4. The molecular weight excluding hydrogens is 335 g/mol. The van der Waals surface area contributed by atoms with Crippen LogP contribution >= 0.6 is 0 Å². The molecule has 0 aliphatic rings. The molecule has 2 amide bonds. The Bertz CT molecular complexity index is 763. The molecule has 0 aliphatic heterocycles. The zero-order chi connectivity index (χ0) is 19.1. The number of nitrogens with one attached hydrogen (secondary N) is 2. The van der Waals surface area contributed by atoms with Crippen LogP contribution in [0.25, 0.3) is 0 Å². The van der Waals surface area contributed by atoms with Crippen molar-refractivity contribution >= 4 is 17.7 Å². The van der Waals surface area contributed by atoms with Gasteiger partial charge >= 0.3 is 6.09 Å². The van der Waals surface area contributed by atoms with E-state index in [4.69, 9.17) is 4.74 Å². The van der Waals surface area contributed by atoms with Crippen molar-refractivity contribution in [2.75, 3.05) is 5.32 Å². The van der Waals surface area contributed by atoms with Crippen LogP contribution in [0.2, 0.25) is 0 Å². The van der Waals surface area contributed by atoms with E-state index in [-0.39, 0.29) is 12.5 Å². The van der Waals surface area contributed by atoms with Gasteiger partial charge in [0.15, 0.2) is 0 Å². The molecule has 0 saturated carbocycles. The quantitative estimate of drug-likeness (QED) is 0.819. The summed E-state index contributed by atoms with van der Waals surface area (Å²) in [6.45, 7) is 5.36. The van der Waals surface area contributed by atoms with Crippen LogP contribution in [0.3, 0.4) is 0 Å². The monoisotopic (exact) mass is 358 g/mol. The van der Waals surface area contributed by atoms with Gasteiger partial charge in [0.05, 0.1) is 0 Å². The number of hydrogen-bond donors (Lipinski definition) is 2. The molecular formula is C20H23FN2O3. The van der Waals surface area contributed by atoms with Crippen LogP contribution in [-0.2, 0) is 16.1 Å². The molecule has 0 radical (unpaired) electrons. The molecule has 0 unspecified atom stereocenters. The fourth-order valence-electron chi connectivity index (χ4n) is 2.32. The lowest BCUT2D eigenvalue weighted by Crippen LogP contribution is -2.47. The van der Waals surface area contributed by atoms with Gasteiger partial charge in [-0.3, -0.25) is 4.79 Å². The zero-order valence-electron chi connectivity index (χ0n) is 15.1. The van der Waals surface area contributed by atoms with Crippen LogP contribution in [0.5, 0.6) is 0 Å². The van der Waals surface area contributed by atoms with E-state index < -0.39 is 23.9 Å². The maximum absolute atomic E-state index is 13.6. The number of amides is 2. The van der Waals surface area contributed by atoms with Gasteiger partial charge in [-0.15, -0.1) is 0 Å². The smallest absolute Gasteiger partial charge is 0.408 e. The third-order valence-electron chi connectivity index (χ3n) is 3.87. The topological polar surface area (TPSA) is 67.4 Å². The minimum absolute atomic E-state index is 0.113. The van der Waals surface area contributed by atoms with Gasteiger partial charge in [0, 0.05) is 5.69 Å². The Morgan fingerprint density at radius 2 is 1.81 bits per heavy atom. The fraction of sp³-hybridized carbons (Fsp3) is 0.300. The third-order valence-corrected chi connectivity index (χ3v) is 3.87. The Morgan fingerprint density at radius 1 is 1.12 bits per heavy atom. The Balaban J connectivity index is 1.95. The van der Waals surface area contributed by atoms with E-state index in [0.29, 0.717) is 11.3 Å². The standard InChI is InChI=1S/C20H23FN2O3/c1-13(2)18(19(24)22-16-10-9-14(3)17(21)11-16)23-20(25)26-12-15-7-5-4-6-8-15/h4-11,13,18H,12H2,1-3H3,(H,22,24)(H,23,25)/t18-/m0/s1. The molecule has 0 saturated heterocycles. The highest BCUT2D eigenvalue weighted by molar-refractivity contribution is 5.96. The van der Waals surface area contributed by atoms with Crippen LogP contribution < -0.4 is 10.6 Å². The molecule has 0 bridgehead atoms. The maximum Gasteiger partial charge on any atom is 0.408 e. The van der Waals surface area contributed by atoms with E-state index in [1.165, 1.54) is 6.07 Å². The molecule has 0 fully saturated rings. The average molecular weight is 358 g/mol. The molecule has 0 aromatic heterocycles. The Labute approximate surface area is 152 Å². The summed E-state index contributed by atoms with van der Waals surface area (Å²) < 4.78 is 18.8. The van der Waals surface area contributed by atoms with Crippen molar-refractivity contribution < 1.29 is 18.7 Å². The van der Waals surface area contributed by atoms with Crippen molar-refractivity contribution in [3.8, 4) is 0 Å². The van der Waals surface area contributed by atoms with Crippen LogP contribution in [0, 0.1) is 18.7 Å². The third kappa shape index (κ3) is 5.58. The summed E-state index contributed by atoms with van der Waals surface area (Å²) in [5.74, 6) is -1.01. The van der Waals surface area contributed by atoms with E-state index in [9.17, 15) is 14.0 Å². The van der Waals surface area contributed by atoms with Crippen molar-refractivity contribution in [2.24, 2.45) is 5.92 Å². The lowest BCUT2D eigenvalue weighted by atomic mass is 10.0. The minimum atomic E-state index is -0.803. The largest absolute Gasteiger partial charge is 0.445 e. The number of aryl methyl sites for hydroxylation is 1. The van der Waals surface area contributed by atoms with E-state index in [0.717, 1.165) is 5.56 Å². The summed E-state index contributed by atoms with van der Waals surface area (Å²) >= 11 is 0. The van der Waals surface area contributed by atoms with Crippen LogP contribution in [0.15, 0.2) is 48.5 Å². The van der Waals surface area contributed by atoms with Crippen molar-refractivity contribution in [3.05, 3.63) is 65.5 Å². The maximum atomic E-state index is 13.6. The summed E-state index contributed by atoms with van der Waals surface area (Å²) in [5, 5.41) is 5.19. The van der Waals surface area contributed by atoms with Gasteiger partial charge in [0.2, 0.25) is 5.91 Å². The van der Waals surface area contributed by atoms with Gasteiger partial charge < -0.3 is 15.4 Å². The Morgan fingerprint density at radius 3 is 2.42 bits per heavy atom. The second-order valence-electron chi connectivity index (χ2n) is 6.38. The highest BCUT2D eigenvalue weighted by Gasteiger charge is 2.25. The average Bonchev–Trinajstić information content (AvgIpc) is 2.61. The predicted octanol–water partition coefficient (Wildman–Crippen LogP) is 4.02.